The van der Waals surface area contributed by atoms with Gasteiger partial charge in [-0.15, -0.1) is 0 Å². The van der Waals surface area contributed by atoms with Gasteiger partial charge in [0, 0.05) is 10.7 Å². The smallest absolute Gasteiger partial charge is 0.416 e. The summed E-state index contributed by atoms with van der Waals surface area (Å²) in [5.41, 5.74) is -1.000. The molecular weight excluding hydrogens is 448 g/mol. The average molecular weight is 456 g/mol. The lowest BCUT2D eigenvalue weighted by Gasteiger charge is -2.13. The Morgan fingerprint density at radius 1 is 0.852 bits per heavy atom. The lowest BCUT2D eigenvalue weighted by atomic mass is 10.1. The van der Waals surface area contributed by atoms with Crippen LogP contribution in [0, 0.1) is 0 Å². The van der Waals surface area contributed by atoms with Crippen molar-refractivity contribution in [2.24, 2.45) is 0 Å². The Morgan fingerprint density at radius 2 is 1.44 bits per heavy atom. The predicted octanol–water partition coefficient (Wildman–Crippen LogP) is 6.89. The first kappa shape index (κ1) is 20.1. The first-order valence-electron chi connectivity index (χ1n) is 7.18. The zero-order valence-corrected chi connectivity index (χ0v) is 16.1. The third-order valence-electron chi connectivity index (χ3n) is 3.61. The molecule has 0 radical (unpaired) electrons. The largest absolute Gasteiger partial charge is 0.454 e. The van der Waals surface area contributed by atoms with Crippen molar-refractivity contribution in [1.82, 2.24) is 0 Å². The number of halogens is 6. The third kappa shape index (κ3) is 4.43. The SMILES string of the molecule is O=S(=O)(Cl)c1ccc2ccc(Oc3c(Cl)cc(C(F)(F)F)cc3Cl)cc2c1. The van der Waals surface area contributed by atoms with Crippen molar-refractivity contribution in [1.29, 1.82) is 0 Å². The van der Waals surface area contributed by atoms with Gasteiger partial charge in [-0.2, -0.15) is 13.2 Å². The Bertz CT molecular complexity index is 1120. The fraction of sp³-hybridized carbons (Fsp3) is 0.0588. The molecule has 3 rings (SSSR count). The Kier molecular flexibility index (Phi) is 5.24. The number of hydrogen-bond donors (Lipinski definition) is 0. The minimum atomic E-state index is -4.60. The minimum absolute atomic E-state index is 0.0978. The molecule has 0 atom stereocenters. The quantitative estimate of drug-likeness (QED) is 0.404. The van der Waals surface area contributed by atoms with E-state index >= 15 is 0 Å². The normalized spacial score (nSPS) is 12.4. The van der Waals surface area contributed by atoms with Gasteiger partial charge in [-0.3, -0.25) is 0 Å². The summed E-state index contributed by atoms with van der Waals surface area (Å²) < 4.78 is 66.8. The van der Waals surface area contributed by atoms with Crippen molar-refractivity contribution in [2.75, 3.05) is 0 Å². The van der Waals surface area contributed by atoms with E-state index in [1.807, 2.05) is 0 Å². The second-order valence-corrected chi connectivity index (χ2v) is 8.86. The summed E-state index contributed by atoms with van der Waals surface area (Å²) in [5.74, 6) is 0.0574. The summed E-state index contributed by atoms with van der Waals surface area (Å²) in [5, 5.41) is 0.573. The molecule has 3 nitrogen and oxygen atoms in total. The Balaban J connectivity index is 2.02. The van der Waals surface area contributed by atoms with Crippen LogP contribution >= 0.6 is 33.9 Å². The van der Waals surface area contributed by atoms with Gasteiger partial charge in [0.05, 0.1) is 20.5 Å². The number of fused-ring (bicyclic) bond motifs is 1. The topological polar surface area (TPSA) is 43.4 Å². The van der Waals surface area contributed by atoms with Gasteiger partial charge < -0.3 is 4.74 Å². The molecule has 0 amide bonds. The van der Waals surface area contributed by atoms with E-state index in [4.69, 9.17) is 38.6 Å². The van der Waals surface area contributed by atoms with Crippen LogP contribution in [0.5, 0.6) is 11.5 Å². The van der Waals surface area contributed by atoms with Crippen molar-refractivity contribution >= 4 is 53.7 Å². The molecule has 3 aromatic carbocycles. The highest BCUT2D eigenvalue weighted by molar-refractivity contribution is 8.13. The summed E-state index contributed by atoms with van der Waals surface area (Å²) in [6, 6.07) is 10.4. The second-order valence-electron chi connectivity index (χ2n) is 5.48. The molecular formula is C17H8Cl3F3O3S. The molecule has 0 saturated heterocycles. The summed E-state index contributed by atoms with van der Waals surface area (Å²) in [6.45, 7) is 0. The van der Waals surface area contributed by atoms with Crippen LogP contribution in [0.2, 0.25) is 10.0 Å². The van der Waals surface area contributed by atoms with Crippen molar-refractivity contribution in [3.8, 4) is 11.5 Å². The summed E-state index contributed by atoms with van der Waals surface area (Å²) in [4.78, 5) is -0.0978. The summed E-state index contributed by atoms with van der Waals surface area (Å²) >= 11 is 11.8. The molecule has 0 unspecified atom stereocenters. The van der Waals surface area contributed by atoms with Gasteiger partial charge in [0.25, 0.3) is 9.05 Å². The van der Waals surface area contributed by atoms with E-state index in [1.54, 1.807) is 18.2 Å². The number of ether oxygens (including phenoxy) is 1. The average Bonchev–Trinajstić information content (AvgIpc) is 2.55. The molecule has 0 aliphatic heterocycles. The Morgan fingerprint density at radius 3 is 2.00 bits per heavy atom. The first-order valence-corrected chi connectivity index (χ1v) is 10.2. The number of hydrogen-bond acceptors (Lipinski definition) is 3. The van der Waals surface area contributed by atoms with Crippen LogP contribution in [0.15, 0.2) is 53.4 Å². The zero-order valence-electron chi connectivity index (χ0n) is 13.0. The Hall–Kier alpha value is -1.67. The van der Waals surface area contributed by atoms with Crippen molar-refractivity contribution in [3.05, 3.63) is 64.1 Å². The van der Waals surface area contributed by atoms with Crippen LogP contribution in [0.25, 0.3) is 10.8 Å². The van der Waals surface area contributed by atoms with Gasteiger partial charge in [0.2, 0.25) is 0 Å². The fourth-order valence-corrected chi connectivity index (χ4v) is 3.71. The van der Waals surface area contributed by atoms with Gasteiger partial charge in [-0.05, 0) is 47.2 Å². The van der Waals surface area contributed by atoms with Crippen molar-refractivity contribution < 1.29 is 26.3 Å². The molecule has 10 heteroatoms. The molecule has 27 heavy (non-hydrogen) atoms. The molecule has 0 aromatic heterocycles. The third-order valence-corrected chi connectivity index (χ3v) is 5.52. The summed E-state index contributed by atoms with van der Waals surface area (Å²) in [6.07, 6.45) is -4.60. The van der Waals surface area contributed by atoms with Crippen LogP contribution in [-0.4, -0.2) is 8.42 Å². The van der Waals surface area contributed by atoms with Crippen LogP contribution in [0.4, 0.5) is 13.2 Å². The van der Waals surface area contributed by atoms with Crippen LogP contribution in [0.1, 0.15) is 5.56 Å². The molecule has 0 heterocycles. The lowest BCUT2D eigenvalue weighted by molar-refractivity contribution is -0.137. The first-order chi connectivity index (χ1) is 12.4. The molecule has 0 aliphatic rings. The highest BCUT2D eigenvalue weighted by Crippen LogP contribution is 2.42. The monoisotopic (exact) mass is 454 g/mol. The van der Waals surface area contributed by atoms with E-state index in [0.29, 0.717) is 22.9 Å². The van der Waals surface area contributed by atoms with Gasteiger partial charge in [0.1, 0.15) is 5.75 Å². The van der Waals surface area contributed by atoms with Gasteiger partial charge in [-0.25, -0.2) is 8.42 Å². The zero-order chi connectivity index (χ0) is 20.0. The number of alkyl halides is 3. The lowest BCUT2D eigenvalue weighted by Crippen LogP contribution is -2.05. The fourth-order valence-electron chi connectivity index (χ4n) is 2.36. The van der Waals surface area contributed by atoms with E-state index in [2.05, 4.69) is 0 Å². The Labute approximate surface area is 166 Å². The maximum atomic E-state index is 12.8. The minimum Gasteiger partial charge on any atom is -0.454 e. The van der Waals surface area contributed by atoms with E-state index in [0.717, 1.165) is 0 Å². The van der Waals surface area contributed by atoms with Gasteiger partial charge >= 0.3 is 6.18 Å². The molecule has 0 N–H and O–H groups in total. The van der Waals surface area contributed by atoms with E-state index in [1.165, 1.54) is 18.2 Å². The van der Waals surface area contributed by atoms with Crippen molar-refractivity contribution in [3.63, 3.8) is 0 Å². The van der Waals surface area contributed by atoms with Crippen LogP contribution in [-0.2, 0) is 15.2 Å². The molecule has 142 valence electrons. The highest BCUT2D eigenvalue weighted by Gasteiger charge is 2.32. The molecule has 0 aliphatic carbocycles. The highest BCUT2D eigenvalue weighted by atomic mass is 35.7. The molecule has 0 bridgehead atoms. The summed E-state index contributed by atoms with van der Waals surface area (Å²) in [7, 11) is 1.42. The van der Waals surface area contributed by atoms with Crippen LogP contribution < -0.4 is 4.74 Å². The van der Waals surface area contributed by atoms with Gasteiger partial charge in [-0.1, -0.05) is 35.3 Å². The maximum absolute atomic E-state index is 12.8. The van der Waals surface area contributed by atoms with E-state index < -0.39 is 20.8 Å². The number of rotatable bonds is 3. The molecule has 0 saturated carbocycles. The maximum Gasteiger partial charge on any atom is 0.416 e. The van der Waals surface area contributed by atoms with E-state index in [-0.39, 0.29) is 26.4 Å². The number of benzene rings is 3. The van der Waals surface area contributed by atoms with E-state index in [9.17, 15) is 21.6 Å². The molecule has 0 spiro atoms. The predicted molar refractivity (Wildman–Crippen MR) is 98.5 cm³/mol. The standard InChI is InChI=1S/C17H8Cl3F3O3S/c18-14-7-11(17(21,22)23)8-15(19)16(14)26-12-3-1-9-2-4-13(27(20,24)25)6-10(9)5-12/h1-8H. The molecule has 3 aromatic rings. The van der Waals surface area contributed by atoms with Crippen molar-refractivity contribution in [2.45, 2.75) is 11.1 Å². The van der Waals surface area contributed by atoms with Crippen LogP contribution in [0.3, 0.4) is 0 Å². The second kappa shape index (κ2) is 7.05. The van der Waals surface area contributed by atoms with Gasteiger partial charge in [0.15, 0.2) is 5.75 Å². The molecule has 0 fully saturated rings.